The van der Waals surface area contributed by atoms with Gasteiger partial charge in [0.15, 0.2) is 0 Å². The Labute approximate surface area is 473 Å². The summed E-state index contributed by atoms with van der Waals surface area (Å²) in [6, 6.07) is -7.56. The molecule has 456 valence electrons. The predicted octanol–water partition coefficient (Wildman–Crippen LogP) is -3.10. The molecule has 3 fully saturated rings. The lowest BCUT2D eigenvalue weighted by Gasteiger charge is -2.34. The van der Waals surface area contributed by atoms with E-state index in [9.17, 15) is 78.9 Å². The Morgan fingerprint density at radius 1 is 0.728 bits per heavy atom. The summed E-state index contributed by atoms with van der Waals surface area (Å²) < 4.78 is 0. The third-order valence-electron chi connectivity index (χ3n) is 15.3. The number of phenols is 1. The van der Waals surface area contributed by atoms with Crippen molar-refractivity contribution in [2.24, 2.45) is 17.6 Å². The number of phenolic OH excluding ortho intramolecular Hbond substituents is 1. The largest absolute Gasteiger partial charge is 0.508 e. The highest BCUT2D eigenvalue weighted by Gasteiger charge is 2.48. The highest BCUT2D eigenvalue weighted by Crippen LogP contribution is 2.25. The van der Waals surface area contributed by atoms with Gasteiger partial charge in [-0.25, -0.2) is 0 Å². The lowest BCUT2D eigenvalue weighted by Crippen LogP contribution is -2.64. The number of hydrogen-bond donors (Lipinski definition) is 14. The average molecular weight is 1150 g/mol. The highest BCUT2D eigenvalue weighted by atomic mass is 16.3. The molecule has 15 atom stereocenters. The van der Waals surface area contributed by atoms with Gasteiger partial charge in [-0.2, -0.15) is 0 Å². The van der Waals surface area contributed by atoms with Crippen LogP contribution in [0.4, 0.5) is 0 Å². The fourth-order valence-electron chi connectivity index (χ4n) is 10.6. The molecule has 0 saturated carbocycles. The van der Waals surface area contributed by atoms with E-state index in [-0.39, 0.29) is 25.1 Å². The Bertz CT molecular complexity index is 2280. The normalized spacial score (nSPS) is 27.3. The summed E-state index contributed by atoms with van der Waals surface area (Å²) in [5.74, 6) is -8.33. The van der Waals surface area contributed by atoms with Crippen molar-refractivity contribution in [1.82, 2.24) is 46.6 Å². The summed E-state index contributed by atoms with van der Waals surface area (Å²) in [6.07, 6.45) is -5.00. The van der Waals surface area contributed by atoms with Gasteiger partial charge < -0.3 is 88.1 Å². The molecule has 3 saturated heterocycles. The Morgan fingerprint density at radius 2 is 1.35 bits per heavy atom. The molecular formula is C55H90N10O16. The first-order chi connectivity index (χ1) is 38.2. The number of benzene rings is 1. The second kappa shape index (κ2) is 32.6. The van der Waals surface area contributed by atoms with E-state index >= 15 is 0 Å². The number of nitrogens with zero attached hydrogens (tertiary/aromatic N) is 3. The third-order valence-corrected chi connectivity index (χ3v) is 15.3. The molecule has 3 aliphatic heterocycles. The van der Waals surface area contributed by atoms with Crippen molar-refractivity contribution >= 4 is 53.2 Å². The van der Waals surface area contributed by atoms with Crippen LogP contribution < -0.4 is 37.6 Å². The van der Waals surface area contributed by atoms with Crippen LogP contribution in [-0.4, -0.2) is 223 Å². The Hall–Kier alpha value is -6.03. The van der Waals surface area contributed by atoms with Crippen LogP contribution in [0.1, 0.15) is 123 Å². The molecule has 81 heavy (non-hydrogen) atoms. The van der Waals surface area contributed by atoms with E-state index in [0.717, 1.165) is 55.2 Å². The van der Waals surface area contributed by atoms with Crippen LogP contribution in [-0.2, 0) is 49.6 Å². The number of primary amides is 1. The smallest absolute Gasteiger partial charge is 0.248 e. The number of hydrogen-bond acceptors (Lipinski definition) is 17. The fraction of sp³-hybridized carbons (Fsp3) is 0.727. The molecule has 26 heteroatoms. The van der Waals surface area contributed by atoms with Crippen molar-refractivity contribution < 1.29 is 78.9 Å². The number of aliphatic hydroxyl groups is 6. The number of carbonyl (C=O) groups excluding carboxylic acids is 9. The molecule has 1 aromatic carbocycles. The zero-order valence-corrected chi connectivity index (χ0v) is 47.6. The van der Waals surface area contributed by atoms with Crippen molar-refractivity contribution in [3.05, 3.63) is 29.8 Å². The van der Waals surface area contributed by atoms with Crippen LogP contribution in [0.25, 0.3) is 0 Å². The average Bonchev–Trinajstić information content (AvgIpc) is 4.12. The Balaban J connectivity index is 1.77. The number of amides is 9. The number of nitrogens with one attached hydrogen (secondary N) is 6. The van der Waals surface area contributed by atoms with Gasteiger partial charge in [0.05, 0.1) is 55.6 Å². The van der Waals surface area contributed by atoms with Gasteiger partial charge in [0.25, 0.3) is 0 Å². The van der Waals surface area contributed by atoms with Crippen LogP contribution >= 0.6 is 0 Å². The molecule has 9 amide bonds. The van der Waals surface area contributed by atoms with E-state index in [4.69, 9.17) is 5.73 Å². The maximum Gasteiger partial charge on any atom is 0.248 e. The number of rotatable bonds is 24. The van der Waals surface area contributed by atoms with Gasteiger partial charge >= 0.3 is 0 Å². The molecule has 15 N–H and O–H groups in total. The minimum Gasteiger partial charge on any atom is -0.508 e. The van der Waals surface area contributed by atoms with E-state index in [1.54, 1.807) is 14.1 Å². The van der Waals surface area contributed by atoms with Crippen LogP contribution in [0.15, 0.2) is 24.3 Å². The van der Waals surface area contributed by atoms with Crippen molar-refractivity contribution in [2.45, 2.75) is 203 Å². The maximum atomic E-state index is 14.7. The van der Waals surface area contributed by atoms with E-state index in [2.05, 4.69) is 52.7 Å². The zero-order chi connectivity index (χ0) is 60.2. The summed E-state index contributed by atoms with van der Waals surface area (Å²) in [6.45, 7) is 6.24. The molecule has 26 nitrogen and oxygen atoms in total. The lowest BCUT2D eigenvalue weighted by atomic mass is 9.91. The van der Waals surface area contributed by atoms with Crippen LogP contribution in [0.3, 0.4) is 0 Å². The second-order valence-corrected chi connectivity index (χ2v) is 22.7. The number of unbranched alkanes of at least 4 members (excludes halogenated alkanes) is 5. The van der Waals surface area contributed by atoms with Gasteiger partial charge in [-0.15, -0.1) is 0 Å². The first-order valence-electron chi connectivity index (χ1n) is 28.4. The quantitative estimate of drug-likeness (QED) is 0.0456. The minimum atomic E-state index is -2.18. The predicted molar refractivity (Wildman–Crippen MR) is 294 cm³/mol. The number of aliphatic hydroxyl groups excluding tert-OH is 6. The summed E-state index contributed by atoms with van der Waals surface area (Å²) in [5, 5.41) is 93.2. The molecule has 3 heterocycles. The van der Waals surface area contributed by atoms with E-state index in [1.807, 2.05) is 0 Å². The SMILES string of the molecule is CC[C@H](C)C[C@H](C)CCCCCCCCC(=O)N[C@H]1C[C@@H](O)[C@@H](CNC(=O)CN(C)C)NC(=O)[C@@H]2[C@@H](O)CCN2C(=O)[C@H]([C@H](O)CC(N)=O)NC(=O)[C@H]([C@H](O)Cc2ccc(O)cc2)NC(=O)[C@@H]2C[C@@H](O)CN2C(=O)[C@H]([C@@H](C)O)NC1=O. The Morgan fingerprint density at radius 3 is 1.98 bits per heavy atom. The Kier molecular flexibility index (Phi) is 27.1. The lowest BCUT2D eigenvalue weighted by molar-refractivity contribution is -0.148. The van der Waals surface area contributed by atoms with E-state index in [1.165, 1.54) is 35.6 Å². The van der Waals surface area contributed by atoms with Gasteiger partial charge in [-0.3, -0.25) is 43.2 Å². The number of fused-ring (bicyclic) bond motifs is 2. The third kappa shape index (κ3) is 21.0. The molecule has 1 aromatic rings. The molecule has 0 aliphatic carbocycles. The summed E-state index contributed by atoms with van der Waals surface area (Å²) >= 11 is 0. The number of aromatic hydroxyl groups is 1. The minimum absolute atomic E-state index is 0.0612. The molecule has 0 unspecified atom stereocenters. The van der Waals surface area contributed by atoms with Crippen LogP contribution in [0, 0.1) is 11.8 Å². The van der Waals surface area contributed by atoms with Gasteiger partial charge in [0.1, 0.15) is 42.0 Å². The van der Waals surface area contributed by atoms with Gasteiger partial charge in [0.2, 0.25) is 53.2 Å². The molecule has 0 bridgehead atoms. The topological polar surface area (TPSA) is 403 Å². The van der Waals surface area contributed by atoms with Crippen LogP contribution in [0.2, 0.25) is 0 Å². The van der Waals surface area contributed by atoms with Crippen molar-refractivity contribution in [2.75, 3.05) is 40.3 Å². The molecular weight excluding hydrogens is 1060 g/mol. The van der Waals surface area contributed by atoms with E-state index in [0.29, 0.717) is 30.2 Å². The molecule has 0 spiro atoms. The number of carbonyl (C=O) groups is 9. The van der Waals surface area contributed by atoms with Gasteiger partial charge in [-0.05, 0) is 69.8 Å². The second-order valence-electron chi connectivity index (χ2n) is 22.7. The molecule has 0 radical (unpaired) electrons. The highest BCUT2D eigenvalue weighted by molar-refractivity contribution is 5.98. The summed E-state index contributed by atoms with van der Waals surface area (Å²) in [5.41, 5.74) is 5.73. The van der Waals surface area contributed by atoms with Gasteiger partial charge in [-0.1, -0.05) is 77.8 Å². The molecule has 0 aromatic heterocycles. The van der Waals surface area contributed by atoms with Crippen molar-refractivity contribution in [3.63, 3.8) is 0 Å². The first-order valence-corrected chi connectivity index (χ1v) is 28.4. The maximum absolute atomic E-state index is 14.7. The van der Waals surface area contributed by atoms with E-state index < -0.39 is 177 Å². The fourth-order valence-corrected chi connectivity index (χ4v) is 10.6. The first kappa shape index (κ1) is 67.5. The monoisotopic (exact) mass is 1150 g/mol. The standard InChI is InChI=1S/C55H90N10O16/c1-7-30(2)22-31(3)14-12-10-8-9-11-13-15-44(74)58-36-25-40(70)37(27-57-45(75)29-63(5)6)59-53(79)49-39(69)20-21-64(49)55(81)48(42(72)26-43(56)73)62-52(78)47(41(71)23-33-16-18-34(67)19-17-33)61-51(77)38-24-35(68)28-65(38)54(80)46(32(4)66)60-50(36)76/h16-19,30-32,35-42,46-49,66-72H,7-15,20-29H2,1-6H3,(H2,56,73)(H,57,75)(H,58,74)(H,59,79)(H,60,76)(H,61,77)(H,62,78)/t30-,31+,32+,35+,36-,37+,38-,39-,40+,41+,42+,46-,47-,48-,49-/m0/s1. The number of likely N-dealkylation sites (N-methyl/N-ethyl adjacent to an activating group) is 1. The molecule has 3 aliphatic rings. The summed E-state index contributed by atoms with van der Waals surface area (Å²) in [7, 11) is 3.21. The number of nitrogens with two attached hydrogens (primary N) is 1. The van der Waals surface area contributed by atoms with Crippen molar-refractivity contribution in [3.8, 4) is 5.75 Å². The van der Waals surface area contributed by atoms with Crippen LogP contribution in [0.5, 0.6) is 5.75 Å². The summed E-state index contributed by atoms with van der Waals surface area (Å²) in [4.78, 5) is 129. The van der Waals surface area contributed by atoms with Gasteiger partial charge in [0, 0.05) is 45.3 Å². The van der Waals surface area contributed by atoms with Crippen molar-refractivity contribution in [1.29, 1.82) is 0 Å². The molecule has 4 rings (SSSR count). The zero-order valence-electron chi connectivity index (χ0n) is 47.6.